The second-order valence-electron chi connectivity index (χ2n) is 4.47. The maximum atomic E-state index is 5.96. The molecule has 1 aromatic rings. The van der Waals surface area contributed by atoms with E-state index in [1.165, 1.54) is 5.69 Å². The van der Waals surface area contributed by atoms with Gasteiger partial charge in [0.25, 0.3) is 0 Å². The minimum absolute atomic E-state index is 0.502. The van der Waals surface area contributed by atoms with Gasteiger partial charge in [0.2, 0.25) is 0 Å². The lowest BCUT2D eigenvalue weighted by atomic mass is 10.1. The number of fused-ring (bicyclic) bond motifs is 1. The molecule has 2 rings (SSSR count). The fourth-order valence-electron chi connectivity index (χ4n) is 2.34. The van der Waals surface area contributed by atoms with Crippen LogP contribution in [0.25, 0.3) is 0 Å². The van der Waals surface area contributed by atoms with E-state index in [0.29, 0.717) is 12.1 Å². The number of nitrogens with two attached hydrogens (primary N) is 1. The van der Waals surface area contributed by atoms with Gasteiger partial charge in [-0.25, -0.2) is 0 Å². The Morgan fingerprint density at radius 2 is 2.20 bits per heavy atom. The van der Waals surface area contributed by atoms with Crippen molar-refractivity contribution in [1.29, 1.82) is 0 Å². The Labute approximate surface area is 91.3 Å². The van der Waals surface area contributed by atoms with Crippen LogP contribution in [0.2, 0.25) is 0 Å². The third kappa shape index (κ3) is 1.62. The molecule has 0 fully saturated rings. The fourth-order valence-corrected chi connectivity index (χ4v) is 2.34. The van der Waals surface area contributed by atoms with Crippen LogP contribution in [0.5, 0.6) is 0 Å². The summed E-state index contributed by atoms with van der Waals surface area (Å²) in [5, 5.41) is 3.40. The Kier molecular flexibility index (Phi) is 2.47. The number of nitrogens with one attached hydrogen (secondary N) is 1. The van der Waals surface area contributed by atoms with Crippen LogP contribution in [0.15, 0.2) is 18.2 Å². The van der Waals surface area contributed by atoms with Crippen molar-refractivity contribution in [3.05, 3.63) is 18.2 Å². The molecule has 3 N–H and O–H groups in total. The van der Waals surface area contributed by atoms with Gasteiger partial charge in [0.15, 0.2) is 0 Å². The molecule has 1 heterocycles. The van der Waals surface area contributed by atoms with Gasteiger partial charge in [-0.3, -0.25) is 0 Å². The number of nitrogen functional groups attached to an aromatic ring is 1. The van der Waals surface area contributed by atoms with Crippen molar-refractivity contribution in [3.8, 4) is 0 Å². The van der Waals surface area contributed by atoms with Gasteiger partial charge in [0.05, 0.1) is 17.1 Å². The summed E-state index contributed by atoms with van der Waals surface area (Å²) in [6.07, 6.45) is 0. The zero-order valence-electron chi connectivity index (χ0n) is 9.62. The van der Waals surface area contributed by atoms with Gasteiger partial charge in [-0.1, -0.05) is 6.07 Å². The van der Waals surface area contributed by atoms with Crippen LogP contribution in [0, 0.1) is 0 Å². The van der Waals surface area contributed by atoms with Crippen LogP contribution >= 0.6 is 0 Å². The first-order chi connectivity index (χ1) is 7.11. The van der Waals surface area contributed by atoms with Crippen molar-refractivity contribution < 1.29 is 0 Å². The van der Waals surface area contributed by atoms with Gasteiger partial charge in [-0.05, 0) is 32.9 Å². The second-order valence-corrected chi connectivity index (χ2v) is 4.47. The van der Waals surface area contributed by atoms with Crippen LogP contribution < -0.4 is 16.0 Å². The predicted octanol–water partition coefficient (Wildman–Crippen LogP) is 2.30. The predicted molar refractivity (Wildman–Crippen MR) is 66.4 cm³/mol. The molecule has 0 saturated carbocycles. The SMILES string of the molecule is CC(C)N1c2cccc(N)c2NCC1C. The van der Waals surface area contributed by atoms with E-state index in [2.05, 4.69) is 37.1 Å². The Balaban J connectivity index is 2.48. The fraction of sp³-hybridized carbons (Fsp3) is 0.500. The maximum Gasteiger partial charge on any atom is 0.0812 e. The van der Waals surface area contributed by atoms with E-state index in [1.54, 1.807) is 0 Å². The topological polar surface area (TPSA) is 41.3 Å². The molecule has 0 aromatic heterocycles. The summed E-state index contributed by atoms with van der Waals surface area (Å²) in [5.41, 5.74) is 9.11. The number of para-hydroxylation sites is 1. The quantitative estimate of drug-likeness (QED) is 0.691. The van der Waals surface area contributed by atoms with E-state index in [1.807, 2.05) is 12.1 Å². The Morgan fingerprint density at radius 1 is 1.47 bits per heavy atom. The van der Waals surface area contributed by atoms with Crippen LogP contribution in [-0.4, -0.2) is 18.6 Å². The van der Waals surface area contributed by atoms with Crippen molar-refractivity contribution in [3.63, 3.8) is 0 Å². The molecule has 0 bridgehead atoms. The molecule has 1 unspecified atom stereocenters. The minimum atomic E-state index is 0.502. The van der Waals surface area contributed by atoms with Crippen molar-refractivity contribution in [1.82, 2.24) is 0 Å². The second kappa shape index (κ2) is 3.65. The zero-order chi connectivity index (χ0) is 11.0. The summed E-state index contributed by atoms with van der Waals surface area (Å²) in [4.78, 5) is 2.42. The summed E-state index contributed by atoms with van der Waals surface area (Å²) < 4.78 is 0. The standard InChI is InChI=1S/C12H19N3/c1-8(2)15-9(3)7-14-12-10(13)5-4-6-11(12)15/h4-6,8-9,14H,7,13H2,1-3H3. The summed E-state index contributed by atoms with van der Waals surface area (Å²) in [6, 6.07) is 7.11. The van der Waals surface area contributed by atoms with E-state index < -0.39 is 0 Å². The largest absolute Gasteiger partial charge is 0.397 e. The lowest BCUT2D eigenvalue weighted by molar-refractivity contribution is 0.580. The third-order valence-corrected chi connectivity index (χ3v) is 2.96. The van der Waals surface area contributed by atoms with Gasteiger partial charge in [-0.15, -0.1) is 0 Å². The molecular weight excluding hydrogens is 186 g/mol. The molecule has 3 heteroatoms. The molecule has 0 radical (unpaired) electrons. The average Bonchev–Trinajstić information content (AvgIpc) is 2.17. The van der Waals surface area contributed by atoms with Gasteiger partial charge >= 0.3 is 0 Å². The molecule has 1 atom stereocenters. The molecule has 1 aliphatic heterocycles. The van der Waals surface area contributed by atoms with E-state index in [-0.39, 0.29) is 0 Å². The Bertz CT molecular complexity index is 360. The van der Waals surface area contributed by atoms with Crippen LogP contribution in [0.1, 0.15) is 20.8 Å². The Hall–Kier alpha value is -1.38. The summed E-state index contributed by atoms with van der Waals surface area (Å²) in [6.45, 7) is 7.63. The molecule has 3 nitrogen and oxygen atoms in total. The van der Waals surface area contributed by atoms with Crippen LogP contribution in [0.3, 0.4) is 0 Å². The van der Waals surface area contributed by atoms with Gasteiger partial charge < -0.3 is 16.0 Å². The van der Waals surface area contributed by atoms with Crippen molar-refractivity contribution in [2.75, 3.05) is 22.5 Å². The molecular formula is C12H19N3. The first kappa shape index (κ1) is 10.1. The summed E-state index contributed by atoms with van der Waals surface area (Å²) in [5.74, 6) is 0. The van der Waals surface area contributed by atoms with E-state index in [9.17, 15) is 0 Å². The average molecular weight is 205 g/mol. The van der Waals surface area contributed by atoms with Gasteiger partial charge in [0.1, 0.15) is 0 Å². The van der Waals surface area contributed by atoms with Crippen LogP contribution in [-0.2, 0) is 0 Å². The maximum absolute atomic E-state index is 5.96. The molecule has 0 saturated heterocycles. The lowest BCUT2D eigenvalue weighted by Crippen LogP contribution is -2.46. The van der Waals surface area contributed by atoms with Crippen LogP contribution in [0.4, 0.5) is 17.1 Å². The van der Waals surface area contributed by atoms with Gasteiger partial charge in [0, 0.05) is 18.6 Å². The van der Waals surface area contributed by atoms with E-state index in [0.717, 1.165) is 17.9 Å². The highest BCUT2D eigenvalue weighted by Crippen LogP contribution is 2.36. The number of nitrogens with zero attached hydrogens (tertiary/aromatic N) is 1. The first-order valence-electron chi connectivity index (χ1n) is 5.52. The highest BCUT2D eigenvalue weighted by atomic mass is 15.2. The summed E-state index contributed by atoms with van der Waals surface area (Å²) in [7, 11) is 0. The molecule has 0 amide bonds. The molecule has 0 aliphatic carbocycles. The third-order valence-electron chi connectivity index (χ3n) is 2.96. The van der Waals surface area contributed by atoms with E-state index in [4.69, 9.17) is 5.73 Å². The number of hydrogen-bond donors (Lipinski definition) is 2. The van der Waals surface area contributed by atoms with Crippen molar-refractivity contribution >= 4 is 17.1 Å². The molecule has 82 valence electrons. The molecule has 0 spiro atoms. The van der Waals surface area contributed by atoms with Crippen molar-refractivity contribution in [2.24, 2.45) is 0 Å². The Morgan fingerprint density at radius 3 is 2.87 bits per heavy atom. The lowest BCUT2D eigenvalue weighted by Gasteiger charge is -2.41. The molecule has 1 aromatic carbocycles. The van der Waals surface area contributed by atoms with Gasteiger partial charge in [-0.2, -0.15) is 0 Å². The summed E-state index contributed by atoms with van der Waals surface area (Å²) >= 11 is 0. The normalized spacial score (nSPS) is 20.0. The smallest absolute Gasteiger partial charge is 0.0812 e. The number of hydrogen-bond acceptors (Lipinski definition) is 3. The monoisotopic (exact) mass is 205 g/mol. The molecule has 1 aliphatic rings. The van der Waals surface area contributed by atoms with Crippen molar-refractivity contribution in [2.45, 2.75) is 32.9 Å². The number of rotatable bonds is 1. The molecule has 15 heavy (non-hydrogen) atoms. The highest BCUT2D eigenvalue weighted by molar-refractivity contribution is 5.83. The highest BCUT2D eigenvalue weighted by Gasteiger charge is 2.25. The number of anilines is 3. The minimum Gasteiger partial charge on any atom is -0.397 e. The zero-order valence-corrected chi connectivity index (χ0v) is 9.62. The van der Waals surface area contributed by atoms with E-state index >= 15 is 0 Å². The number of benzene rings is 1. The first-order valence-corrected chi connectivity index (χ1v) is 5.52.